The van der Waals surface area contributed by atoms with E-state index in [4.69, 9.17) is 34.8 Å². The maximum absolute atomic E-state index is 13.7. The van der Waals surface area contributed by atoms with Gasteiger partial charge >= 0.3 is 6.18 Å². The molecule has 0 bridgehead atoms. The first-order valence-electron chi connectivity index (χ1n) is 9.27. The second kappa shape index (κ2) is 9.18. The van der Waals surface area contributed by atoms with Crippen molar-refractivity contribution in [3.05, 3.63) is 37.8 Å². The summed E-state index contributed by atoms with van der Waals surface area (Å²) in [5.74, 6) is 0.595. The van der Waals surface area contributed by atoms with Gasteiger partial charge in [-0.05, 0) is 43.9 Å². The Bertz CT molecular complexity index is 845. The van der Waals surface area contributed by atoms with Crippen LogP contribution >= 0.6 is 46.1 Å². The van der Waals surface area contributed by atoms with E-state index in [0.29, 0.717) is 16.6 Å². The Morgan fingerprint density at radius 2 is 1.79 bits per heavy atom. The third-order valence-electron chi connectivity index (χ3n) is 4.68. The predicted octanol–water partition coefficient (Wildman–Crippen LogP) is 7.51. The molecule has 1 aromatic carbocycles. The van der Waals surface area contributed by atoms with Crippen molar-refractivity contribution < 1.29 is 13.2 Å². The molecular weight excluding hydrogens is 466 g/mol. The van der Waals surface area contributed by atoms with E-state index in [2.05, 4.69) is 9.88 Å². The first-order valence-corrected chi connectivity index (χ1v) is 11.2. The zero-order valence-electron chi connectivity index (χ0n) is 16.0. The van der Waals surface area contributed by atoms with Crippen molar-refractivity contribution in [2.45, 2.75) is 38.9 Å². The number of rotatable bonds is 8. The van der Waals surface area contributed by atoms with Gasteiger partial charge in [0.1, 0.15) is 0 Å². The molecule has 0 amide bonds. The molecule has 29 heavy (non-hydrogen) atoms. The van der Waals surface area contributed by atoms with Gasteiger partial charge in [0.05, 0.1) is 20.6 Å². The monoisotopic (exact) mass is 485 g/mol. The lowest BCUT2D eigenvalue weighted by molar-refractivity contribution is -0.141. The van der Waals surface area contributed by atoms with Crippen LogP contribution in [0.1, 0.15) is 36.8 Å². The highest BCUT2D eigenvalue weighted by atomic mass is 35.5. The molecule has 1 aliphatic carbocycles. The van der Waals surface area contributed by atoms with Crippen molar-refractivity contribution in [2.24, 2.45) is 5.92 Å². The van der Waals surface area contributed by atoms with E-state index in [0.717, 1.165) is 43.7 Å². The Hall–Kier alpha value is -0.730. The van der Waals surface area contributed by atoms with E-state index in [1.807, 2.05) is 6.92 Å². The fourth-order valence-corrected chi connectivity index (χ4v) is 5.34. The van der Waals surface area contributed by atoms with E-state index >= 15 is 0 Å². The van der Waals surface area contributed by atoms with E-state index in [1.165, 1.54) is 17.0 Å². The molecule has 0 N–H and O–H groups in total. The Balaban J connectivity index is 1.94. The van der Waals surface area contributed by atoms with Gasteiger partial charge in [0, 0.05) is 25.2 Å². The molecular formula is C19H21Cl3F3N3S. The first-order chi connectivity index (χ1) is 13.6. The molecule has 1 saturated carbocycles. The third kappa shape index (κ3) is 5.70. The average Bonchev–Trinajstić information content (AvgIpc) is 3.29. The topological polar surface area (TPSA) is 19.4 Å². The fourth-order valence-electron chi connectivity index (χ4n) is 3.18. The maximum Gasteiger partial charge on any atom is 0.434 e. The molecule has 1 aromatic heterocycles. The SMILES string of the molecule is CCCN(Cc1sc(N(C)c2c(Cl)cc(Cl)cc2Cl)nc1C(F)(F)F)CC1CC1. The smallest absolute Gasteiger partial charge is 0.318 e. The highest BCUT2D eigenvalue weighted by Crippen LogP contribution is 2.44. The molecule has 0 atom stereocenters. The maximum atomic E-state index is 13.7. The van der Waals surface area contributed by atoms with Gasteiger partial charge in [0.2, 0.25) is 0 Å². The quantitative estimate of drug-likeness (QED) is 0.385. The van der Waals surface area contributed by atoms with Crippen LogP contribution < -0.4 is 4.90 Å². The predicted molar refractivity (Wildman–Crippen MR) is 115 cm³/mol. The fraction of sp³-hybridized carbons (Fsp3) is 0.526. The summed E-state index contributed by atoms with van der Waals surface area (Å²) in [6.45, 7) is 3.84. The Labute approximate surface area is 187 Å². The summed E-state index contributed by atoms with van der Waals surface area (Å²) in [6.07, 6.45) is -1.35. The van der Waals surface area contributed by atoms with Gasteiger partial charge in [0.15, 0.2) is 10.8 Å². The zero-order chi connectivity index (χ0) is 21.3. The summed E-state index contributed by atoms with van der Waals surface area (Å²) >= 11 is 19.4. The van der Waals surface area contributed by atoms with Crippen LogP contribution in [0, 0.1) is 5.92 Å². The number of thiazole rings is 1. The van der Waals surface area contributed by atoms with Crippen molar-refractivity contribution in [3.8, 4) is 0 Å². The second-order valence-corrected chi connectivity index (χ2v) is 9.53. The Morgan fingerprint density at radius 3 is 2.31 bits per heavy atom. The van der Waals surface area contributed by atoms with Gasteiger partial charge in [-0.3, -0.25) is 4.90 Å². The van der Waals surface area contributed by atoms with Crippen molar-refractivity contribution >= 4 is 57.0 Å². The zero-order valence-corrected chi connectivity index (χ0v) is 19.1. The lowest BCUT2D eigenvalue weighted by Crippen LogP contribution is -2.27. The third-order valence-corrected chi connectivity index (χ3v) is 6.59. The number of benzene rings is 1. The summed E-state index contributed by atoms with van der Waals surface area (Å²) < 4.78 is 41.1. The van der Waals surface area contributed by atoms with Crippen LogP contribution in [0.4, 0.5) is 24.0 Å². The van der Waals surface area contributed by atoms with Gasteiger partial charge in [-0.25, -0.2) is 4.98 Å². The molecule has 0 spiro atoms. The molecule has 3 nitrogen and oxygen atoms in total. The number of halogens is 6. The van der Waals surface area contributed by atoms with Crippen molar-refractivity contribution in [1.82, 2.24) is 9.88 Å². The van der Waals surface area contributed by atoms with Gasteiger partial charge < -0.3 is 4.90 Å². The molecule has 2 aromatic rings. The Kier molecular flexibility index (Phi) is 7.27. The van der Waals surface area contributed by atoms with Crippen LogP contribution in [0.2, 0.25) is 15.1 Å². The molecule has 0 saturated heterocycles. The summed E-state index contributed by atoms with van der Waals surface area (Å²) in [6, 6.07) is 3.00. The van der Waals surface area contributed by atoms with Crippen LogP contribution in [0.25, 0.3) is 0 Å². The molecule has 3 rings (SSSR count). The van der Waals surface area contributed by atoms with Gasteiger partial charge in [0.25, 0.3) is 0 Å². The van der Waals surface area contributed by atoms with E-state index in [-0.39, 0.29) is 26.6 Å². The van der Waals surface area contributed by atoms with Gasteiger partial charge in [-0.15, -0.1) is 0 Å². The number of hydrogen-bond acceptors (Lipinski definition) is 4. The van der Waals surface area contributed by atoms with Crippen LogP contribution in [0.5, 0.6) is 0 Å². The van der Waals surface area contributed by atoms with Crippen LogP contribution in [-0.2, 0) is 12.7 Å². The highest BCUT2D eigenvalue weighted by Gasteiger charge is 2.39. The van der Waals surface area contributed by atoms with Crippen LogP contribution in [0.15, 0.2) is 12.1 Å². The largest absolute Gasteiger partial charge is 0.434 e. The average molecular weight is 487 g/mol. The summed E-state index contributed by atoms with van der Waals surface area (Å²) in [5, 5.41) is 1.03. The molecule has 0 unspecified atom stereocenters. The molecule has 1 fully saturated rings. The minimum Gasteiger partial charge on any atom is -0.318 e. The molecule has 1 aliphatic rings. The number of nitrogens with zero attached hydrogens (tertiary/aromatic N) is 3. The first kappa shape index (κ1) is 22.9. The normalized spacial score (nSPS) is 14.7. The van der Waals surface area contributed by atoms with Gasteiger partial charge in [-0.2, -0.15) is 13.2 Å². The van der Waals surface area contributed by atoms with E-state index in [9.17, 15) is 13.2 Å². The molecule has 1 heterocycles. The summed E-state index contributed by atoms with van der Waals surface area (Å²) in [5.41, 5.74) is -0.474. The summed E-state index contributed by atoms with van der Waals surface area (Å²) in [7, 11) is 1.60. The Morgan fingerprint density at radius 1 is 1.17 bits per heavy atom. The number of alkyl halides is 3. The number of hydrogen-bond donors (Lipinski definition) is 0. The highest BCUT2D eigenvalue weighted by molar-refractivity contribution is 7.15. The second-order valence-electron chi connectivity index (χ2n) is 7.22. The van der Waals surface area contributed by atoms with Gasteiger partial charge in [-0.1, -0.05) is 53.1 Å². The van der Waals surface area contributed by atoms with Crippen LogP contribution in [0.3, 0.4) is 0 Å². The minimum atomic E-state index is -4.53. The van der Waals surface area contributed by atoms with E-state index in [1.54, 1.807) is 7.05 Å². The lowest BCUT2D eigenvalue weighted by atomic mass is 10.3. The van der Waals surface area contributed by atoms with Crippen molar-refractivity contribution in [1.29, 1.82) is 0 Å². The van der Waals surface area contributed by atoms with Crippen molar-refractivity contribution in [3.63, 3.8) is 0 Å². The number of aromatic nitrogens is 1. The number of anilines is 2. The standard InChI is InChI=1S/C19H21Cl3F3N3S/c1-3-6-28(9-11-4-5-11)10-15-17(19(23,24)25)26-18(29-15)27(2)16-13(21)7-12(20)8-14(16)22/h7-8,11H,3-6,9-10H2,1-2H3. The van der Waals surface area contributed by atoms with E-state index < -0.39 is 11.9 Å². The van der Waals surface area contributed by atoms with Crippen LogP contribution in [-0.4, -0.2) is 30.0 Å². The molecule has 0 aliphatic heterocycles. The molecule has 10 heteroatoms. The molecule has 160 valence electrons. The van der Waals surface area contributed by atoms with Crippen molar-refractivity contribution in [2.75, 3.05) is 25.0 Å². The lowest BCUT2D eigenvalue weighted by Gasteiger charge is -2.21. The minimum absolute atomic E-state index is 0.182. The summed E-state index contributed by atoms with van der Waals surface area (Å²) in [4.78, 5) is 7.69. The molecule has 0 radical (unpaired) electrons.